The predicted octanol–water partition coefficient (Wildman–Crippen LogP) is 7.22. The summed E-state index contributed by atoms with van der Waals surface area (Å²) < 4.78 is 0. The van der Waals surface area contributed by atoms with E-state index in [0.29, 0.717) is 0 Å². The van der Waals surface area contributed by atoms with Crippen molar-refractivity contribution in [1.82, 2.24) is 0 Å². The van der Waals surface area contributed by atoms with Gasteiger partial charge in [-0.1, -0.05) is 86.6 Å². The lowest BCUT2D eigenvalue weighted by atomic mass is 10.1. The van der Waals surface area contributed by atoms with Gasteiger partial charge in [-0.05, 0) is 41.5 Å². The molecule has 30 heavy (non-hydrogen) atoms. The summed E-state index contributed by atoms with van der Waals surface area (Å²) in [6.45, 7) is 4.35. The molecule has 146 valence electrons. The average Bonchev–Trinajstić information content (AvgIpc) is 3.09. The highest BCUT2D eigenvalue weighted by Gasteiger charge is 2.27. The van der Waals surface area contributed by atoms with Crippen molar-refractivity contribution in [3.8, 4) is 0 Å². The summed E-state index contributed by atoms with van der Waals surface area (Å²) in [5.74, 6) is 0. The van der Waals surface area contributed by atoms with Gasteiger partial charge in [-0.15, -0.1) is 0 Å². The highest BCUT2D eigenvalue weighted by atomic mass is 14.8. The van der Waals surface area contributed by atoms with Gasteiger partial charge in [-0.2, -0.15) is 0 Å². The number of para-hydroxylation sites is 2. The summed E-state index contributed by atoms with van der Waals surface area (Å²) in [6.07, 6.45) is 1.91. The Morgan fingerprint density at radius 1 is 0.533 bits per heavy atom. The number of rotatable bonds is 4. The Hall–Kier alpha value is -3.52. The first-order valence-electron chi connectivity index (χ1n) is 10.7. The molecule has 1 aliphatic rings. The molecule has 0 spiro atoms. The third-order valence-electron chi connectivity index (χ3n) is 5.85. The maximum Gasteiger partial charge on any atom is 0.0978 e. The summed E-state index contributed by atoms with van der Waals surface area (Å²) in [5.41, 5.74) is 8.82. The van der Waals surface area contributed by atoms with E-state index in [1.54, 1.807) is 0 Å². The Labute approximate surface area is 177 Å². The molecule has 0 radical (unpaired) electrons. The molecule has 2 nitrogen and oxygen atoms in total. The largest absolute Gasteiger partial charge is 0.246 e. The van der Waals surface area contributed by atoms with Crippen molar-refractivity contribution in [1.29, 1.82) is 0 Å². The van der Waals surface area contributed by atoms with Crippen LogP contribution in [0.25, 0.3) is 10.8 Å². The molecule has 1 aliphatic carbocycles. The second-order valence-corrected chi connectivity index (χ2v) is 7.59. The minimum Gasteiger partial charge on any atom is -0.246 e. The van der Waals surface area contributed by atoms with Crippen LogP contribution in [0.2, 0.25) is 0 Å². The molecule has 5 rings (SSSR count). The lowest BCUT2D eigenvalue weighted by Crippen LogP contribution is -2.10. The summed E-state index contributed by atoms with van der Waals surface area (Å²) >= 11 is 0. The van der Waals surface area contributed by atoms with Crippen molar-refractivity contribution in [2.45, 2.75) is 26.7 Å². The molecule has 0 N–H and O–H groups in total. The number of hydrogen-bond acceptors (Lipinski definition) is 2. The lowest BCUT2D eigenvalue weighted by Gasteiger charge is -2.08. The van der Waals surface area contributed by atoms with Crippen molar-refractivity contribution < 1.29 is 0 Å². The van der Waals surface area contributed by atoms with Crippen molar-refractivity contribution in [3.05, 3.63) is 107 Å². The predicted molar refractivity (Wildman–Crippen MR) is 128 cm³/mol. The SMILES string of the molecule is CCc1ccccc1N=C1C(=Nc2ccccc2CC)c2cccc3cccc1c23. The van der Waals surface area contributed by atoms with Crippen LogP contribution in [0.1, 0.15) is 36.1 Å². The Balaban J connectivity index is 1.80. The van der Waals surface area contributed by atoms with Gasteiger partial charge < -0.3 is 0 Å². The van der Waals surface area contributed by atoms with E-state index in [-0.39, 0.29) is 0 Å². The molecule has 0 aromatic heterocycles. The molecule has 0 saturated heterocycles. The van der Waals surface area contributed by atoms with E-state index in [1.807, 2.05) is 0 Å². The average molecular weight is 389 g/mol. The molecular formula is C28H24N2. The van der Waals surface area contributed by atoms with Crippen LogP contribution in [0.3, 0.4) is 0 Å². The standard InChI is InChI=1S/C28H24N2/c1-3-19-11-5-7-17-24(19)29-27-22-15-9-13-21-14-10-16-23(26(21)22)28(27)30-25-18-8-6-12-20(25)4-2/h5-18H,3-4H2,1-2H3. The van der Waals surface area contributed by atoms with E-state index in [0.717, 1.165) is 35.6 Å². The minimum absolute atomic E-state index is 0.954. The van der Waals surface area contributed by atoms with E-state index >= 15 is 0 Å². The molecule has 4 aromatic carbocycles. The first-order chi connectivity index (χ1) is 14.8. The third-order valence-corrected chi connectivity index (χ3v) is 5.85. The minimum atomic E-state index is 0.954. The Kier molecular flexibility index (Phi) is 4.76. The molecule has 0 fully saturated rings. The quantitative estimate of drug-likeness (QED) is 0.352. The topological polar surface area (TPSA) is 24.7 Å². The summed E-state index contributed by atoms with van der Waals surface area (Å²) in [7, 11) is 0. The highest BCUT2D eigenvalue weighted by molar-refractivity contribution is 6.61. The van der Waals surface area contributed by atoms with Gasteiger partial charge in [0.25, 0.3) is 0 Å². The van der Waals surface area contributed by atoms with Gasteiger partial charge in [0.15, 0.2) is 0 Å². The molecule has 2 heteroatoms. The van der Waals surface area contributed by atoms with Gasteiger partial charge in [-0.25, -0.2) is 9.98 Å². The zero-order valence-corrected chi connectivity index (χ0v) is 17.4. The zero-order chi connectivity index (χ0) is 20.5. The third kappa shape index (κ3) is 3.05. The summed E-state index contributed by atoms with van der Waals surface area (Å²) in [5, 5.41) is 2.48. The highest BCUT2D eigenvalue weighted by Crippen LogP contribution is 2.35. The summed E-state index contributed by atoms with van der Waals surface area (Å²) in [6, 6.07) is 29.7. The molecule has 0 unspecified atom stereocenters. The Morgan fingerprint density at radius 3 is 1.47 bits per heavy atom. The number of aliphatic imine (C=N–C) groups is 2. The van der Waals surface area contributed by atoms with Gasteiger partial charge in [0, 0.05) is 16.5 Å². The van der Waals surface area contributed by atoms with E-state index in [9.17, 15) is 0 Å². The van der Waals surface area contributed by atoms with Crippen molar-refractivity contribution in [2.75, 3.05) is 0 Å². The van der Waals surface area contributed by atoms with Crippen LogP contribution >= 0.6 is 0 Å². The molecule has 0 saturated carbocycles. The molecule has 0 atom stereocenters. The van der Waals surface area contributed by atoms with Crippen LogP contribution in [-0.2, 0) is 12.8 Å². The van der Waals surface area contributed by atoms with Crippen LogP contribution in [0, 0.1) is 0 Å². The molecule has 4 aromatic rings. The Morgan fingerprint density at radius 2 is 1.00 bits per heavy atom. The van der Waals surface area contributed by atoms with E-state index in [4.69, 9.17) is 9.98 Å². The maximum absolute atomic E-state index is 5.19. The van der Waals surface area contributed by atoms with Crippen molar-refractivity contribution in [2.24, 2.45) is 9.98 Å². The normalized spacial score (nSPS) is 15.4. The monoisotopic (exact) mass is 388 g/mol. The molecule has 0 bridgehead atoms. The van der Waals surface area contributed by atoms with Crippen LogP contribution in [0.15, 0.2) is 94.9 Å². The molecule has 0 aliphatic heterocycles. The number of aryl methyl sites for hydroxylation is 2. The fraction of sp³-hybridized carbons (Fsp3) is 0.143. The van der Waals surface area contributed by atoms with Crippen LogP contribution in [-0.4, -0.2) is 11.4 Å². The summed E-state index contributed by atoms with van der Waals surface area (Å²) in [4.78, 5) is 10.4. The van der Waals surface area contributed by atoms with E-state index in [2.05, 4.69) is 98.8 Å². The number of nitrogens with zero attached hydrogens (tertiary/aromatic N) is 2. The van der Waals surface area contributed by atoms with Crippen LogP contribution in [0.5, 0.6) is 0 Å². The van der Waals surface area contributed by atoms with E-state index < -0.39 is 0 Å². The molecular weight excluding hydrogens is 364 g/mol. The second-order valence-electron chi connectivity index (χ2n) is 7.59. The van der Waals surface area contributed by atoms with Gasteiger partial charge >= 0.3 is 0 Å². The maximum atomic E-state index is 5.19. The van der Waals surface area contributed by atoms with E-state index in [1.165, 1.54) is 33.0 Å². The van der Waals surface area contributed by atoms with Gasteiger partial charge in [-0.3, -0.25) is 0 Å². The number of benzene rings is 4. The van der Waals surface area contributed by atoms with Crippen LogP contribution in [0.4, 0.5) is 11.4 Å². The van der Waals surface area contributed by atoms with Crippen molar-refractivity contribution in [3.63, 3.8) is 0 Å². The van der Waals surface area contributed by atoms with Gasteiger partial charge in [0.2, 0.25) is 0 Å². The molecule has 0 heterocycles. The second kappa shape index (κ2) is 7.72. The smallest absolute Gasteiger partial charge is 0.0978 e. The first kappa shape index (κ1) is 18.5. The Bertz CT molecular complexity index is 1210. The van der Waals surface area contributed by atoms with Gasteiger partial charge in [0.1, 0.15) is 0 Å². The molecule has 0 amide bonds. The number of hydrogen-bond donors (Lipinski definition) is 0. The van der Waals surface area contributed by atoms with Crippen LogP contribution < -0.4 is 0 Å². The van der Waals surface area contributed by atoms with Crippen molar-refractivity contribution >= 4 is 33.6 Å². The van der Waals surface area contributed by atoms with Gasteiger partial charge in [0.05, 0.1) is 22.8 Å². The fourth-order valence-corrected chi connectivity index (χ4v) is 4.30. The first-order valence-corrected chi connectivity index (χ1v) is 10.7. The lowest BCUT2D eigenvalue weighted by molar-refractivity contribution is 1.13. The fourth-order valence-electron chi connectivity index (χ4n) is 4.30. The zero-order valence-electron chi connectivity index (χ0n) is 17.4.